The number of aryl methyl sites for hydroxylation is 1. The molecule has 1 amide bonds. The first-order valence-corrected chi connectivity index (χ1v) is 12.2. The Morgan fingerprint density at radius 1 is 0.730 bits per heavy atom. The van der Waals surface area contributed by atoms with Crippen molar-refractivity contribution in [1.82, 2.24) is 0 Å². The minimum atomic E-state index is -0.118. The van der Waals surface area contributed by atoms with Crippen molar-refractivity contribution in [2.75, 3.05) is 12.4 Å². The molecule has 0 bridgehead atoms. The van der Waals surface area contributed by atoms with E-state index in [-0.39, 0.29) is 11.7 Å². The SMILES string of the molecule is COc1cc(CCCC(=O)Nc2ccc(OCc3ccccc3)c(O)c2)ccc1OCc1ccccc1. The Morgan fingerprint density at radius 3 is 1.97 bits per heavy atom. The number of hydrogen-bond donors (Lipinski definition) is 2. The fourth-order valence-corrected chi connectivity index (χ4v) is 3.85. The van der Waals surface area contributed by atoms with Gasteiger partial charge in [0.15, 0.2) is 23.0 Å². The summed E-state index contributed by atoms with van der Waals surface area (Å²) < 4.78 is 17.1. The standard InChI is InChI=1S/C31H31NO5/c1-35-30-19-23(15-17-29(30)37-22-25-11-6-3-7-12-25)13-8-14-31(34)32-26-16-18-28(27(33)20-26)36-21-24-9-4-2-5-10-24/h2-7,9-12,15-20,33H,8,13-14,21-22H2,1H3,(H,32,34). The molecule has 4 aromatic carbocycles. The molecule has 0 fully saturated rings. The molecule has 0 aliphatic heterocycles. The average molecular weight is 498 g/mol. The Hall–Kier alpha value is -4.45. The van der Waals surface area contributed by atoms with Crippen molar-refractivity contribution in [2.45, 2.75) is 32.5 Å². The van der Waals surface area contributed by atoms with E-state index in [9.17, 15) is 9.90 Å². The summed E-state index contributed by atoms with van der Waals surface area (Å²) in [5.41, 5.74) is 3.68. The van der Waals surface area contributed by atoms with E-state index in [1.165, 1.54) is 6.07 Å². The molecule has 0 saturated carbocycles. The van der Waals surface area contributed by atoms with Crippen LogP contribution in [0.15, 0.2) is 97.1 Å². The molecule has 6 heteroatoms. The van der Waals surface area contributed by atoms with Gasteiger partial charge in [0.1, 0.15) is 13.2 Å². The first-order valence-electron chi connectivity index (χ1n) is 12.2. The maximum absolute atomic E-state index is 12.4. The largest absolute Gasteiger partial charge is 0.504 e. The molecule has 37 heavy (non-hydrogen) atoms. The third-order valence-electron chi connectivity index (χ3n) is 5.81. The average Bonchev–Trinajstić information content (AvgIpc) is 2.93. The van der Waals surface area contributed by atoms with Gasteiger partial charge >= 0.3 is 0 Å². The van der Waals surface area contributed by atoms with Crippen molar-refractivity contribution in [3.05, 3.63) is 114 Å². The molecule has 0 saturated heterocycles. The van der Waals surface area contributed by atoms with Crippen molar-refractivity contribution in [1.29, 1.82) is 0 Å². The number of hydrogen-bond acceptors (Lipinski definition) is 5. The number of aromatic hydroxyl groups is 1. The van der Waals surface area contributed by atoms with Crippen molar-refractivity contribution in [3.8, 4) is 23.0 Å². The highest BCUT2D eigenvalue weighted by atomic mass is 16.5. The number of carbonyl (C=O) groups excluding carboxylic acids is 1. The Bertz CT molecular complexity index is 1290. The van der Waals surface area contributed by atoms with E-state index in [2.05, 4.69) is 5.32 Å². The van der Waals surface area contributed by atoms with Crippen LogP contribution in [0, 0.1) is 0 Å². The Balaban J connectivity index is 1.23. The van der Waals surface area contributed by atoms with E-state index >= 15 is 0 Å². The van der Waals surface area contributed by atoms with Crippen LogP contribution in [-0.2, 0) is 24.4 Å². The van der Waals surface area contributed by atoms with Gasteiger partial charge in [0.2, 0.25) is 5.91 Å². The fraction of sp³-hybridized carbons (Fsp3) is 0.194. The van der Waals surface area contributed by atoms with Gasteiger partial charge in [-0.25, -0.2) is 0 Å². The minimum Gasteiger partial charge on any atom is -0.504 e. The fourth-order valence-electron chi connectivity index (χ4n) is 3.85. The Kier molecular flexibility index (Phi) is 9.02. The lowest BCUT2D eigenvalue weighted by atomic mass is 10.1. The van der Waals surface area contributed by atoms with Crippen molar-refractivity contribution in [3.63, 3.8) is 0 Å². The summed E-state index contributed by atoms with van der Waals surface area (Å²) in [6, 6.07) is 30.4. The van der Waals surface area contributed by atoms with Gasteiger partial charge in [0.05, 0.1) is 7.11 Å². The highest BCUT2D eigenvalue weighted by Gasteiger charge is 2.10. The summed E-state index contributed by atoms with van der Waals surface area (Å²) in [5, 5.41) is 13.1. The van der Waals surface area contributed by atoms with Gasteiger partial charge in [0.25, 0.3) is 0 Å². The predicted octanol–water partition coefficient (Wildman–Crippen LogP) is 6.52. The number of nitrogens with one attached hydrogen (secondary N) is 1. The first-order chi connectivity index (χ1) is 18.1. The first kappa shape index (κ1) is 25.6. The molecular weight excluding hydrogens is 466 g/mol. The van der Waals surface area contributed by atoms with Crippen LogP contribution >= 0.6 is 0 Å². The molecule has 6 nitrogen and oxygen atoms in total. The van der Waals surface area contributed by atoms with Crippen LogP contribution in [0.3, 0.4) is 0 Å². The molecule has 4 rings (SSSR count). The third kappa shape index (κ3) is 7.77. The zero-order valence-electron chi connectivity index (χ0n) is 20.9. The Morgan fingerprint density at radius 2 is 1.35 bits per heavy atom. The number of amides is 1. The van der Waals surface area contributed by atoms with E-state index in [4.69, 9.17) is 14.2 Å². The van der Waals surface area contributed by atoms with Gasteiger partial charge in [0, 0.05) is 18.2 Å². The third-order valence-corrected chi connectivity index (χ3v) is 5.81. The lowest BCUT2D eigenvalue weighted by Crippen LogP contribution is -2.11. The van der Waals surface area contributed by atoms with Crippen LogP contribution < -0.4 is 19.5 Å². The monoisotopic (exact) mass is 497 g/mol. The molecule has 0 unspecified atom stereocenters. The number of phenols is 1. The van der Waals surface area contributed by atoms with Gasteiger partial charge in [-0.2, -0.15) is 0 Å². The summed E-state index contributed by atoms with van der Waals surface area (Å²) in [4.78, 5) is 12.4. The molecule has 190 valence electrons. The van der Waals surface area contributed by atoms with Crippen LogP contribution in [0.4, 0.5) is 5.69 Å². The zero-order valence-corrected chi connectivity index (χ0v) is 20.9. The van der Waals surface area contributed by atoms with Crippen molar-refractivity contribution < 1.29 is 24.1 Å². The Labute approximate surface area is 217 Å². The van der Waals surface area contributed by atoms with E-state index < -0.39 is 0 Å². The maximum Gasteiger partial charge on any atom is 0.224 e. The van der Waals surface area contributed by atoms with Crippen LogP contribution in [0.25, 0.3) is 0 Å². The van der Waals surface area contributed by atoms with Crippen LogP contribution in [0.2, 0.25) is 0 Å². The number of methoxy groups -OCH3 is 1. The summed E-state index contributed by atoms with van der Waals surface area (Å²) in [5.74, 6) is 1.58. The maximum atomic E-state index is 12.4. The van der Waals surface area contributed by atoms with Gasteiger partial charge in [-0.05, 0) is 53.8 Å². The lowest BCUT2D eigenvalue weighted by molar-refractivity contribution is -0.116. The zero-order chi connectivity index (χ0) is 25.9. The molecule has 0 aliphatic carbocycles. The van der Waals surface area contributed by atoms with E-state index in [0.29, 0.717) is 49.0 Å². The molecule has 0 spiro atoms. The molecule has 0 atom stereocenters. The molecule has 0 aliphatic rings. The number of benzene rings is 4. The molecule has 4 aromatic rings. The minimum absolute atomic E-state index is 0.0181. The van der Waals surface area contributed by atoms with Crippen molar-refractivity contribution in [2.24, 2.45) is 0 Å². The highest BCUT2D eigenvalue weighted by Crippen LogP contribution is 2.31. The summed E-state index contributed by atoms with van der Waals surface area (Å²) in [7, 11) is 1.62. The summed E-state index contributed by atoms with van der Waals surface area (Å²) in [6.45, 7) is 0.817. The molecule has 0 aromatic heterocycles. The highest BCUT2D eigenvalue weighted by molar-refractivity contribution is 5.91. The second-order valence-electron chi connectivity index (χ2n) is 8.62. The predicted molar refractivity (Wildman–Crippen MR) is 144 cm³/mol. The quantitative estimate of drug-likeness (QED) is 0.233. The molecule has 0 radical (unpaired) electrons. The topological polar surface area (TPSA) is 77.0 Å². The smallest absolute Gasteiger partial charge is 0.224 e. The van der Waals surface area contributed by atoms with Crippen LogP contribution in [-0.4, -0.2) is 18.1 Å². The van der Waals surface area contributed by atoms with Crippen LogP contribution in [0.5, 0.6) is 23.0 Å². The second kappa shape index (κ2) is 13.0. The molecule has 2 N–H and O–H groups in total. The molecule has 0 heterocycles. The lowest BCUT2D eigenvalue weighted by Gasteiger charge is -2.13. The van der Waals surface area contributed by atoms with Gasteiger partial charge in [-0.3, -0.25) is 4.79 Å². The number of anilines is 1. The van der Waals surface area contributed by atoms with E-state index in [0.717, 1.165) is 23.1 Å². The number of rotatable bonds is 12. The number of carbonyl (C=O) groups is 1. The van der Waals surface area contributed by atoms with Crippen LogP contribution in [0.1, 0.15) is 29.5 Å². The number of ether oxygens (including phenoxy) is 3. The summed E-state index contributed by atoms with van der Waals surface area (Å²) in [6.07, 6.45) is 1.74. The van der Waals surface area contributed by atoms with Gasteiger partial charge in [-0.1, -0.05) is 66.7 Å². The molecular formula is C31H31NO5. The van der Waals surface area contributed by atoms with E-state index in [1.807, 2.05) is 78.9 Å². The summed E-state index contributed by atoms with van der Waals surface area (Å²) >= 11 is 0. The van der Waals surface area contributed by atoms with Gasteiger partial charge < -0.3 is 24.6 Å². The second-order valence-corrected chi connectivity index (χ2v) is 8.62. The van der Waals surface area contributed by atoms with Gasteiger partial charge in [-0.15, -0.1) is 0 Å². The van der Waals surface area contributed by atoms with Crippen molar-refractivity contribution >= 4 is 11.6 Å². The normalized spacial score (nSPS) is 10.5. The number of phenolic OH excluding ortho intramolecular Hbond substituents is 1. The van der Waals surface area contributed by atoms with E-state index in [1.54, 1.807) is 19.2 Å².